The SMILES string of the molecule is C=C[C@]1(CCc2cccc(C(C)=O)c2)CC(c2ccc(C)cc2)=C(C=NC)C(=O)N1. The molecule has 4 nitrogen and oxygen atoms in total. The van der Waals surface area contributed by atoms with Crippen LogP contribution in [0, 0.1) is 6.92 Å². The lowest BCUT2D eigenvalue weighted by Crippen LogP contribution is -2.51. The fourth-order valence-corrected chi connectivity index (χ4v) is 3.85. The number of nitrogens with one attached hydrogen (secondary N) is 1. The van der Waals surface area contributed by atoms with Gasteiger partial charge in [0.25, 0.3) is 5.91 Å². The van der Waals surface area contributed by atoms with Gasteiger partial charge in [0.2, 0.25) is 0 Å². The summed E-state index contributed by atoms with van der Waals surface area (Å²) in [4.78, 5) is 28.8. The van der Waals surface area contributed by atoms with Crippen LogP contribution in [-0.2, 0) is 11.2 Å². The van der Waals surface area contributed by atoms with Gasteiger partial charge in [0.05, 0.1) is 11.1 Å². The van der Waals surface area contributed by atoms with Crippen LogP contribution in [-0.4, -0.2) is 30.5 Å². The molecule has 0 radical (unpaired) electrons. The summed E-state index contributed by atoms with van der Waals surface area (Å²) in [7, 11) is 1.67. The van der Waals surface area contributed by atoms with Gasteiger partial charge in [-0.05, 0) is 49.5 Å². The maximum atomic E-state index is 13.0. The Kier molecular flexibility index (Phi) is 6.46. The smallest absolute Gasteiger partial charge is 0.253 e. The number of benzene rings is 2. The second kappa shape index (κ2) is 9.04. The monoisotopic (exact) mass is 400 g/mol. The summed E-state index contributed by atoms with van der Waals surface area (Å²) >= 11 is 0. The molecule has 30 heavy (non-hydrogen) atoms. The molecule has 1 aliphatic heterocycles. The first-order valence-corrected chi connectivity index (χ1v) is 10.2. The van der Waals surface area contributed by atoms with Crippen molar-refractivity contribution in [2.24, 2.45) is 4.99 Å². The largest absolute Gasteiger partial charge is 0.343 e. The van der Waals surface area contributed by atoms with Crippen molar-refractivity contribution >= 4 is 23.5 Å². The van der Waals surface area contributed by atoms with Crippen LogP contribution in [0.1, 0.15) is 46.8 Å². The van der Waals surface area contributed by atoms with Crippen LogP contribution in [0.4, 0.5) is 0 Å². The molecular weight excluding hydrogens is 372 g/mol. The van der Waals surface area contributed by atoms with Crippen LogP contribution in [0.25, 0.3) is 5.57 Å². The topological polar surface area (TPSA) is 58.5 Å². The van der Waals surface area contributed by atoms with E-state index in [4.69, 9.17) is 0 Å². The number of aryl methyl sites for hydroxylation is 2. The molecule has 0 saturated carbocycles. The third kappa shape index (κ3) is 4.65. The third-order valence-electron chi connectivity index (χ3n) is 5.67. The van der Waals surface area contributed by atoms with E-state index in [1.54, 1.807) is 20.2 Å². The van der Waals surface area contributed by atoms with E-state index in [9.17, 15) is 9.59 Å². The van der Waals surface area contributed by atoms with E-state index >= 15 is 0 Å². The fraction of sp³-hybridized carbons (Fsp3) is 0.269. The van der Waals surface area contributed by atoms with Crippen LogP contribution < -0.4 is 5.32 Å². The normalized spacial score (nSPS) is 19.1. The van der Waals surface area contributed by atoms with E-state index in [1.165, 1.54) is 5.56 Å². The second-order valence-corrected chi connectivity index (χ2v) is 7.89. The molecule has 1 aliphatic rings. The predicted octanol–water partition coefficient (Wildman–Crippen LogP) is 4.73. The van der Waals surface area contributed by atoms with Gasteiger partial charge in [0.15, 0.2) is 5.78 Å². The molecule has 1 atom stereocenters. The highest BCUT2D eigenvalue weighted by Crippen LogP contribution is 2.35. The van der Waals surface area contributed by atoms with E-state index in [1.807, 2.05) is 37.3 Å². The van der Waals surface area contributed by atoms with Crippen LogP contribution in [0.5, 0.6) is 0 Å². The molecule has 1 amide bonds. The molecule has 0 aromatic heterocycles. The molecule has 3 rings (SSSR count). The Morgan fingerprint density at radius 1 is 1.23 bits per heavy atom. The molecule has 2 aromatic carbocycles. The number of rotatable bonds is 7. The lowest BCUT2D eigenvalue weighted by atomic mass is 9.78. The van der Waals surface area contributed by atoms with Crippen molar-refractivity contribution in [3.8, 4) is 0 Å². The zero-order chi connectivity index (χ0) is 21.7. The first-order valence-electron chi connectivity index (χ1n) is 10.2. The summed E-state index contributed by atoms with van der Waals surface area (Å²) in [6.07, 6.45) is 5.53. The second-order valence-electron chi connectivity index (χ2n) is 7.89. The number of aliphatic imine (C=N–C) groups is 1. The minimum absolute atomic E-state index is 0.0503. The van der Waals surface area contributed by atoms with Gasteiger partial charge in [0.1, 0.15) is 0 Å². The molecule has 154 valence electrons. The van der Waals surface area contributed by atoms with Crippen molar-refractivity contribution in [3.63, 3.8) is 0 Å². The molecule has 0 saturated heterocycles. The molecule has 0 fully saturated rings. The first kappa shape index (κ1) is 21.4. The summed E-state index contributed by atoms with van der Waals surface area (Å²) in [5, 5.41) is 3.16. The number of carbonyl (C=O) groups is 2. The number of nitrogens with zero attached hydrogens (tertiary/aromatic N) is 1. The average Bonchev–Trinajstić information content (AvgIpc) is 2.75. The molecule has 4 heteroatoms. The first-order chi connectivity index (χ1) is 14.4. The molecular formula is C26H28N2O2. The number of carbonyl (C=O) groups excluding carboxylic acids is 2. The van der Waals surface area contributed by atoms with Gasteiger partial charge in [-0.1, -0.05) is 54.1 Å². The molecule has 2 aromatic rings. The highest BCUT2D eigenvalue weighted by molar-refractivity contribution is 6.19. The zero-order valence-electron chi connectivity index (χ0n) is 17.9. The van der Waals surface area contributed by atoms with Gasteiger partial charge in [0, 0.05) is 25.2 Å². The molecule has 0 aliphatic carbocycles. The molecule has 0 spiro atoms. The van der Waals surface area contributed by atoms with Gasteiger partial charge in [-0.2, -0.15) is 0 Å². The van der Waals surface area contributed by atoms with Crippen LogP contribution >= 0.6 is 0 Å². The lowest BCUT2D eigenvalue weighted by Gasteiger charge is -2.37. The Morgan fingerprint density at radius 3 is 2.60 bits per heavy atom. The summed E-state index contributed by atoms with van der Waals surface area (Å²) in [6.45, 7) is 7.65. The van der Waals surface area contributed by atoms with Crippen molar-refractivity contribution in [1.29, 1.82) is 0 Å². The summed E-state index contributed by atoms with van der Waals surface area (Å²) in [6, 6.07) is 15.9. The van der Waals surface area contributed by atoms with Crippen LogP contribution in [0.3, 0.4) is 0 Å². The number of amides is 1. The Bertz CT molecular complexity index is 1030. The number of hydrogen-bond acceptors (Lipinski definition) is 3. The Morgan fingerprint density at radius 2 is 1.97 bits per heavy atom. The Balaban J connectivity index is 1.93. The van der Waals surface area contributed by atoms with Crippen LogP contribution in [0.2, 0.25) is 0 Å². The minimum Gasteiger partial charge on any atom is -0.343 e. The number of Topliss-reactive ketones (excluding diaryl/α,β-unsaturated/α-hetero) is 1. The average molecular weight is 401 g/mol. The maximum Gasteiger partial charge on any atom is 0.253 e. The van der Waals surface area contributed by atoms with E-state index in [-0.39, 0.29) is 11.7 Å². The Hall–Kier alpha value is -3.27. The summed E-state index contributed by atoms with van der Waals surface area (Å²) < 4.78 is 0. The van der Waals surface area contributed by atoms with Crippen molar-refractivity contribution in [1.82, 2.24) is 5.32 Å². The van der Waals surface area contributed by atoms with Gasteiger partial charge in [-0.3, -0.25) is 14.6 Å². The summed E-state index contributed by atoms with van der Waals surface area (Å²) in [5.74, 6) is -0.0887. The van der Waals surface area contributed by atoms with Crippen molar-refractivity contribution in [2.45, 2.75) is 38.6 Å². The van der Waals surface area contributed by atoms with E-state index in [0.717, 1.165) is 23.1 Å². The van der Waals surface area contributed by atoms with E-state index in [2.05, 4.69) is 41.2 Å². The van der Waals surface area contributed by atoms with Gasteiger partial charge < -0.3 is 5.32 Å². The summed E-state index contributed by atoms with van der Waals surface area (Å²) in [5.41, 5.74) is 4.98. The number of ketones is 1. The van der Waals surface area contributed by atoms with Crippen LogP contribution in [0.15, 0.2) is 71.8 Å². The number of hydrogen-bond donors (Lipinski definition) is 1. The standard InChI is InChI=1S/C26H28N2O2/c1-5-26(14-13-20-7-6-8-22(15-20)19(3)29)16-23(21-11-9-18(2)10-12-21)24(17-27-4)25(30)28-26/h5-12,15,17H,1,13-14,16H2,2-4H3,(H,28,30)/t26-/m0/s1. The van der Waals surface area contributed by atoms with Gasteiger partial charge in [-0.15, -0.1) is 6.58 Å². The minimum atomic E-state index is -0.561. The highest BCUT2D eigenvalue weighted by atomic mass is 16.2. The Labute approximate surface area is 178 Å². The predicted molar refractivity (Wildman–Crippen MR) is 123 cm³/mol. The highest BCUT2D eigenvalue weighted by Gasteiger charge is 2.36. The zero-order valence-corrected chi connectivity index (χ0v) is 17.9. The van der Waals surface area contributed by atoms with E-state index < -0.39 is 5.54 Å². The van der Waals surface area contributed by atoms with Gasteiger partial charge in [-0.25, -0.2) is 0 Å². The molecule has 1 heterocycles. The lowest BCUT2D eigenvalue weighted by molar-refractivity contribution is -0.118. The third-order valence-corrected chi connectivity index (χ3v) is 5.67. The quantitative estimate of drug-likeness (QED) is 0.415. The molecule has 0 unspecified atom stereocenters. The van der Waals surface area contributed by atoms with E-state index in [0.29, 0.717) is 24.0 Å². The van der Waals surface area contributed by atoms with Crippen molar-refractivity contribution in [3.05, 3.63) is 89.0 Å². The van der Waals surface area contributed by atoms with Crippen molar-refractivity contribution < 1.29 is 9.59 Å². The van der Waals surface area contributed by atoms with Gasteiger partial charge >= 0.3 is 0 Å². The fourth-order valence-electron chi connectivity index (χ4n) is 3.85. The molecule has 1 N–H and O–H groups in total. The maximum absolute atomic E-state index is 13.0. The molecule has 0 bridgehead atoms. The van der Waals surface area contributed by atoms with Crippen molar-refractivity contribution in [2.75, 3.05) is 7.05 Å².